The summed E-state index contributed by atoms with van der Waals surface area (Å²) in [5, 5.41) is 28.8. The molecule has 4 atom stereocenters. The summed E-state index contributed by atoms with van der Waals surface area (Å²) >= 11 is 0. The van der Waals surface area contributed by atoms with E-state index >= 15 is 0 Å². The molecule has 1 saturated carbocycles. The molecule has 7 rings (SSSR count). The number of anilines is 1. The topological polar surface area (TPSA) is 98.3 Å². The molecule has 0 spiro atoms. The van der Waals surface area contributed by atoms with Gasteiger partial charge in [0.25, 0.3) is 0 Å². The van der Waals surface area contributed by atoms with E-state index in [1.165, 1.54) is 11.1 Å². The summed E-state index contributed by atoms with van der Waals surface area (Å²) in [4.78, 5) is 12.4. The van der Waals surface area contributed by atoms with Crippen LogP contribution in [0.2, 0.25) is 0 Å². The number of aliphatic hydroxyl groups is 2. The van der Waals surface area contributed by atoms with Crippen LogP contribution in [0.15, 0.2) is 60.4 Å². The molecular formula is C32H38N6O2. The van der Waals surface area contributed by atoms with E-state index in [2.05, 4.69) is 47.1 Å². The lowest BCUT2D eigenvalue weighted by Gasteiger charge is -2.40. The molecule has 8 heteroatoms. The molecule has 208 valence electrons. The highest BCUT2D eigenvalue weighted by atomic mass is 16.3. The van der Waals surface area contributed by atoms with Gasteiger partial charge in [0, 0.05) is 47.6 Å². The van der Waals surface area contributed by atoms with E-state index in [0.29, 0.717) is 5.92 Å². The number of allylic oxidation sites excluding steroid dienone is 2. The van der Waals surface area contributed by atoms with Crippen molar-refractivity contribution in [3.8, 4) is 0 Å². The molecule has 0 bridgehead atoms. The molecule has 4 unspecified atom stereocenters. The molecule has 3 aromatic rings. The van der Waals surface area contributed by atoms with E-state index in [1.54, 1.807) is 0 Å². The molecule has 1 aromatic carbocycles. The standard InChI is InChI=1S/C32H38N6O2/c1-2-32(16-22-10-7-15-37(27(22)17-32)28(40)20-39)29-24-11-6-14-33-30(24)38-31(36-29)25(19-35-38)23-12-13-26(34-18-23)21-8-4-3-5-9-21/h2-5,8-9,18-19,22,27-28,33,39-40H,1,6-7,10-17,20H2. The molecule has 0 amide bonds. The van der Waals surface area contributed by atoms with Gasteiger partial charge in [0.15, 0.2) is 5.65 Å². The first-order valence-corrected chi connectivity index (χ1v) is 14.8. The number of likely N-dealkylation sites (tertiary alicyclic amines) is 1. The highest BCUT2D eigenvalue weighted by Crippen LogP contribution is 2.52. The van der Waals surface area contributed by atoms with Crippen LogP contribution in [0.5, 0.6) is 0 Å². The third kappa shape index (κ3) is 4.12. The Morgan fingerprint density at radius 3 is 2.80 bits per heavy atom. The number of hydrogen-bond acceptors (Lipinski definition) is 7. The van der Waals surface area contributed by atoms with Gasteiger partial charge in [0.05, 0.1) is 18.5 Å². The molecule has 8 nitrogen and oxygen atoms in total. The van der Waals surface area contributed by atoms with Crippen molar-refractivity contribution in [1.29, 1.82) is 0 Å². The monoisotopic (exact) mass is 538 g/mol. The Labute approximate surface area is 235 Å². The first-order chi connectivity index (χ1) is 19.6. The maximum atomic E-state index is 10.6. The van der Waals surface area contributed by atoms with Crippen LogP contribution < -0.4 is 5.32 Å². The molecule has 40 heavy (non-hydrogen) atoms. The smallest absolute Gasteiger partial charge is 0.165 e. The highest BCUT2D eigenvalue weighted by molar-refractivity contribution is 6.03. The molecule has 2 aromatic heterocycles. The highest BCUT2D eigenvalue weighted by Gasteiger charge is 2.51. The number of aromatic nitrogens is 3. The fraction of sp³-hybridized carbons (Fsp3) is 0.469. The van der Waals surface area contributed by atoms with Gasteiger partial charge < -0.3 is 15.5 Å². The third-order valence-corrected chi connectivity index (χ3v) is 9.67. The molecule has 1 saturated heterocycles. The zero-order chi connectivity index (χ0) is 27.3. The van der Waals surface area contributed by atoms with Crippen molar-refractivity contribution in [3.05, 3.63) is 77.8 Å². The number of piperidine rings is 1. The number of nitrogens with one attached hydrogen (secondary N) is 1. The molecule has 4 aliphatic rings. The number of fused-ring (bicyclic) bond motifs is 4. The average molecular weight is 539 g/mol. The maximum Gasteiger partial charge on any atom is 0.165 e. The van der Waals surface area contributed by atoms with E-state index in [4.69, 9.17) is 15.1 Å². The van der Waals surface area contributed by atoms with Gasteiger partial charge in [-0.2, -0.15) is 9.61 Å². The molecule has 3 N–H and O–H groups in total. The van der Waals surface area contributed by atoms with Crippen LogP contribution in [0.25, 0.3) is 11.2 Å². The van der Waals surface area contributed by atoms with Gasteiger partial charge in [0.1, 0.15) is 12.0 Å². The number of hydrogen-bond donors (Lipinski definition) is 3. The number of aliphatic hydroxyl groups excluding tert-OH is 2. The zero-order valence-electron chi connectivity index (χ0n) is 23.0. The Kier molecular flexibility index (Phi) is 6.57. The van der Waals surface area contributed by atoms with Crippen LogP contribution in [-0.4, -0.2) is 67.4 Å². The fourth-order valence-corrected chi connectivity index (χ4v) is 7.69. The minimum Gasteiger partial charge on any atom is -0.392 e. The lowest BCUT2D eigenvalue weighted by atomic mass is 9.78. The summed E-state index contributed by atoms with van der Waals surface area (Å²) in [6, 6.07) is 10.6. The number of nitrogens with zero attached hydrogens (tertiary/aromatic N) is 5. The van der Waals surface area contributed by atoms with Gasteiger partial charge in [-0.25, -0.2) is 4.98 Å². The summed E-state index contributed by atoms with van der Waals surface area (Å²) in [6.07, 6.45) is 13.0. The summed E-state index contributed by atoms with van der Waals surface area (Å²) < 4.78 is 1.99. The molecule has 0 radical (unpaired) electrons. The number of aliphatic imine (C=N–C) groups is 1. The Bertz CT molecular complexity index is 1490. The van der Waals surface area contributed by atoms with Gasteiger partial charge in [-0.3, -0.25) is 9.89 Å². The Balaban J connectivity index is 1.32. The molecule has 2 fully saturated rings. The van der Waals surface area contributed by atoms with Gasteiger partial charge in [-0.05, 0) is 68.4 Å². The Morgan fingerprint density at radius 1 is 1.15 bits per heavy atom. The minimum absolute atomic E-state index is 0.204. The summed E-state index contributed by atoms with van der Waals surface area (Å²) in [5.74, 6) is 1.49. The van der Waals surface area contributed by atoms with Crippen molar-refractivity contribution in [3.63, 3.8) is 0 Å². The largest absolute Gasteiger partial charge is 0.392 e. The van der Waals surface area contributed by atoms with E-state index in [1.807, 2.05) is 23.0 Å². The van der Waals surface area contributed by atoms with Gasteiger partial charge in [-0.1, -0.05) is 36.4 Å². The Morgan fingerprint density at radius 2 is 2.02 bits per heavy atom. The van der Waals surface area contributed by atoms with Crippen LogP contribution in [0.1, 0.15) is 67.3 Å². The van der Waals surface area contributed by atoms with Crippen molar-refractivity contribution >= 4 is 22.7 Å². The van der Waals surface area contributed by atoms with Crippen molar-refractivity contribution in [2.75, 3.05) is 25.0 Å². The molecular weight excluding hydrogens is 500 g/mol. The van der Waals surface area contributed by atoms with Crippen LogP contribution in [0.3, 0.4) is 0 Å². The Hall–Kier alpha value is -3.33. The van der Waals surface area contributed by atoms with Crippen LogP contribution in [0, 0.1) is 5.92 Å². The fourth-order valence-electron chi connectivity index (χ4n) is 7.69. The van der Waals surface area contributed by atoms with Crippen molar-refractivity contribution in [2.45, 2.75) is 69.1 Å². The first-order valence-electron chi connectivity index (χ1n) is 14.8. The molecule has 5 heterocycles. The van der Waals surface area contributed by atoms with Gasteiger partial charge in [0.2, 0.25) is 0 Å². The van der Waals surface area contributed by atoms with Crippen LogP contribution in [-0.2, 0) is 11.8 Å². The minimum atomic E-state index is -0.819. The lowest BCUT2D eigenvalue weighted by molar-refractivity contribution is -0.0783. The zero-order valence-corrected chi connectivity index (χ0v) is 23.0. The summed E-state index contributed by atoms with van der Waals surface area (Å²) in [6.45, 7) is 5.85. The van der Waals surface area contributed by atoms with Crippen molar-refractivity contribution in [1.82, 2.24) is 19.5 Å². The predicted molar refractivity (Wildman–Crippen MR) is 157 cm³/mol. The maximum absolute atomic E-state index is 10.6. The first kappa shape index (κ1) is 25.6. The number of rotatable bonds is 6. The van der Waals surface area contributed by atoms with E-state index < -0.39 is 6.23 Å². The van der Waals surface area contributed by atoms with Crippen LogP contribution in [0.4, 0.5) is 5.82 Å². The van der Waals surface area contributed by atoms with E-state index in [0.717, 1.165) is 98.5 Å². The normalized spacial score (nSPS) is 27.4. The van der Waals surface area contributed by atoms with Crippen LogP contribution >= 0.6 is 0 Å². The predicted octanol–water partition coefficient (Wildman–Crippen LogP) is 4.32. The van der Waals surface area contributed by atoms with Gasteiger partial charge >= 0.3 is 0 Å². The van der Waals surface area contributed by atoms with Crippen molar-refractivity contribution in [2.24, 2.45) is 10.9 Å². The second kappa shape index (κ2) is 10.3. The van der Waals surface area contributed by atoms with E-state index in [-0.39, 0.29) is 18.1 Å². The summed E-state index contributed by atoms with van der Waals surface area (Å²) in [7, 11) is 0. The SMILES string of the molecule is C=CC1(c2nc3c(C4=CN=C(c5ccccc5)CC4)cnn3c3c2CCCN3)CC2CCCN(C(O)CO)C2C1. The second-order valence-electron chi connectivity index (χ2n) is 11.8. The molecule has 1 aliphatic carbocycles. The lowest BCUT2D eigenvalue weighted by Crippen LogP contribution is -2.50. The quantitative estimate of drug-likeness (QED) is 0.405. The van der Waals surface area contributed by atoms with Gasteiger partial charge in [-0.15, -0.1) is 6.58 Å². The summed E-state index contributed by atoms with van der Waals surface area (Å²) in [5.41, 5.74) is 7.41. The second-order valence-corrected chi connectivity index (χ2v) is 11.8. The van der Waals surface area contributed by atoms with Crippen molar-refractivity contribution < 1.29 is 10.2 Å². The molecule has 3 aliphatic heterocycles. The average Bonchev–Trinajstić information content (AvgIpc) is 3.63. The van der Waals surface area contributed by atoms with E-state index in [9.17, 15) is 10.2 Å². The number of benzene rings is 1. The third-order valence-electron chi connectivity index (χ3n) is 9.67.